The van der Waals surface area contributed by atoms with Crippen molar-refractivity contribution < 1.29 is 4.79 Å². The van der Waals surface area contributed by atoms with Crippen LogP contribution in [-0.2, 0) is 0 Å². The van der Waals surface area contributed by atoms with Gasteiger partial charge < -0.3 is 9.80 Å². The van der Waals surface area contributed by atoms with Crippen LogP contribution in [0.5, 0.6) is 0 Å². The summed E-state index contributed by atoms with van der Waals surface area (Å²) in [4.78, 5) is 16.3. The smallest absolute Gasteiger partial charge is 0.253 e. The second kappa shape index (κ2) is 5.07. The Morgan fingerprint density at radius 1 is 1.47 bits per heavy atom. The molecule has 1 amide bonds. The first-order valence-electron chi connectivity index (χ1n) is 5.79. The Hall–Kier alpha value is -1.06. The van der Waals surface area contributed by atoms with E-state index in [2.05, 4.69) is 19.0 Å². The van der Waals surface area contributed by atoms with Gasteiger partial charge in [0.05, 0.1) is 0 Å². The molecule has 0 aromatic heterocycles. The summed E-state index contributed by atoms with van der Waals surface area (Å²) in [6, 6.07) is 7.61. The summed E-state index contributed by atoms with van der Waals surface area (Å²) in [5.74, 6) is 0.0804. The van der Waals surface area contributed by atoms with Crippen LogP contribution in [0.1, 0.15) is 16.8 Å². The molecule has 2 rings (SSSR count). The summed E-state index contributed by atoms with van der Waals surface area (Å²) >= 11 is 5.90. The summed E-state index contributed by atoms with van der Waals surface area (Å²) in [5, 5.41) is 0.610. The molecule has 1 saturated heterocycles. The van der Waals surface area contributed by atoms with Crippen LogP contribution in [0.3, 0.4) is 0 Å². The molecule has 4 heteroatoms. The van der Waals surface area contributed by atoms with Crippen LogP contribution in [-0.4, -0.2) is 48.9 Å². The van der Waals surface area contributed by atoms with Crippen LogP contribution in [0, 0.1) is 0 Å². The van der Waals surface area contributed by atoms with E-state index in [1.807, 2.05) is 17.0 Å². The number of amides is 1. The minimum atomic E-state index is 0.0804. The number of benzene rings is 1. The highest BCUT2D eigenvalue weighted by Gasteiger charge is 2.27. The fraction of sp³-hybridized carbons (Fsp3) is 0.462. The normalized spacial score (nSPS) is 20.0. The lowest BCUT2D eigenvalue weighted by Gasteiger charge is -2.20. The Morgan fingerprint density at radius 2 is 2.24 bits per heavy atom. The quantitative estimate of drug-likeness (QED) is 0.805. The first-order chi connectivity index (χ1) is 8.08. The van der Waals surface area contributed by atoms with Crippen molar-refractivity contribution in [2.24, 2.45) is 0 Å². The second-order valence-electron chi connectivity index (χ2n) is 4.67. The predicted molar refractivity (Wildman–Crippen MR) is 69.4 cm³/mol. The van der Waals surface area contributed by atoms with Crippen molar-refractivity contribution in [1.29, 1.82) is 0 Å². The maximum Gasteiger partial charge on any atom is 0.253 e. The molecule has 1 aliphatic heterocycles. The summed E-state index contributed by atoms with van der Waals surface area (Å²) in [6.45, 7) is 1.63. The van der Waals surface area contributed by atoms with Crippen molar-refractivity contribution >= 4 is 17.5 Å². The number of likely N-dealkylation sites (tertiary alicyclic amines) is 1. The van der Waals surface area contributed by atoms with Crippen LogP contribution in [0.25, 0.3) is 0 Å². The third-order valence-electron chi connectivity index (χ3n) is 3.25. The van der Waals surface area contributed by atoms with Crippen molar-refractivity contribution in [2.45, 2.75) is 12.5 Å². The molecule has 1 heterocycles. The fourth-order valence-electron chi connectivity index (χ4n) is 2.15. The van der Waals surface area contributed by atoms with Gasteiger partial charge in [-0.1, -0.05) is 17.7 Å². The molecular weight excluding hydrogens is 236 g/mol. The highest BCUT2D eigenvalue weighted by molar-refractivity contribution is 6.30. The Bertz CT molecular complexity index is 420. The lowest BCUT2D eigenvalue weighted by molar-refractivity contribution is 0.0783. The van der Waals surface area contributed by atoms with Crippen LogP contribution >= 0.6 is 11.6 Å². The lowest BCUT2D eigenvalue weighted by Crippen LogP contribution is -2.34. The predicted octanol–water partition coefficient (Wildman–Crippen LogP) is 2.12. The summed E-state index contributed by atoms with van der Waals surface area (Å²) in [7, 11) is 4.11. The number of halogens is 1. The Morgan fingerprint density at radius 3 is 2.82 bits per heavy atom. The SMILES string of the molecule is CN(C)[C@@H]1CCN(C(=O)c2cccc(Cl)c2)C1. The van der Waals surface area contributed by atoms with E-state index in [1.54, 1.807) is 12.1 Å². The van der Waals surface area contributed by atoms with E-state index in [-0.39, 0.29) is 5.91 Å². The van der Waals surface area contributed by atoms with Crippen LogP contribution in [0.4, 0.5) is 0 Å². The van der Waals surface area contributed by atoms with E-state index < -0.39 is 0 Å². The summed E-state index contributed by atoms with van der Waals surface area (Å²) < 4.78 is 0. The van der Waals surface area contributed by atoms with Crippen LogP contribution < -0.4 is 0 Å². The van der Waals surface area contributed by atoms with Gasteiger partial charge in [0.15, 0.2) is 0 Å². The molecule has 0 aliphatic carbocycles. The van der Waals surface area contributed by atoms with Crippen molar-refractivity contribution in [1.82, 2.24) is 9.80 Å². The molecule has 1 aromatic carbocycles. The van der Waals surface area contributed by atoms with Gasteiger partial charge >= 0.3 is 0 Å². The molecule has 0 bridgehead atoms. The second-order valence-corrected chi connectivity index (χ2v) is 5.10. The van der Waals surface area contributed by atoms with Crippen LogP contribution in [0.2, 0.25) is 5.02 Å². The average molecular weight is 253 g/mol. The van der Waals surface area contributed by atoms with E-state index in [1.165, 1.54) is 0 Å². The van der Waals surface area contributed by atoms with Gasteiger partial charge in [0.2, 0.25) is 0 Å². The first-order valence-corrected chi connectivity index (χ1v) is 6.17. The Labute approximate surface area is 107 Å². The zero-order valence-corrected chi connectivity index (χ0v) is 10.9. The van der Waals surface area contributed by atoms with Gasteiger partial charge in [-0.2, -0.15) is 0 Å². The Balaban J connectivity index is 2.07. The number of nitrogens with zero attached hydrogens (tertiary/aromatic N) is 2. The Kier molecular flexibility index (Phi) is 3.69. The van der Waals surface area contributed by atoms with E-state index in [9.17, 15) is 4.79 Å². The maximum absolute atomic E-state index is 12.2. The molecule has 0 radical (unpaired) electrons. The van der Waals surface area contributed by atoms with Gasteiger partial charge in [0, 0.05) is 29.7 Å². The van der Waals surface area contributed by atoms with E-state index in [0.717, 1.165) is 19.5 Å². The van der Waals surface area contributed by atoms with E-state index >= 15 is 0 Å². The zero-order valence-electron chi connectivity index (χ0n) is 10.2. The first kappa shape index (κ1) is 12.4. The topological polar surface area (TPSA) is 23.6 Å². The minimum absolute atomic E-state index is 0.0804. The highest BCUT2D eigenvalue weighted by Crippen LogP contribution is 2.18. The van der Waals surface area contributed by atoms with Gasteiger partial charge in [-0.3, -0.25) is 4.79 Å². The molecule has 3 nitrogen and oxygen atoms in total. The fourth-order valence-corrected chi connectivity index (χ4v) is 2.34. The molecule has 1 fully saturated rings. The van der Waals surface area contributed by atoms with Gasteiger partial charge in [0.25, 0.3) is 5.91 Å². The molecule has 1 atom stereocenters. The number of hydrogen-bond donors (Lipinski definition) is 0. The van der Waals surface area contributed by atoms with Gasteiger partial charge in [-0.15, -0.1) is 0 Å². The van der Waals surface area contributed by atoms with Gasteiger partial charge in [-0.05, 0) is 38.7 Å². The minimum Gasteiger partial charge on any atom is -0.337 e. The molecule has 0 unspecified atom stereocenters. The van der Waals surface area contributed by atoms with Gasteiger partial charge in [0.1, 0.15) is 0 Å². The zero-order chi connectivity index (χ0) is 12.4. The van der Waals surface area contributed by atoms with Crippen LogP contribution in [0.15, 0.2) is 24.3 Å². The third-order valence-corrected chi connectivity index (χ3v) is 3.49. The van der Waals surface area contributed by atoms with Crippen molar-refractivity contribution in [3.63, 3.8) is 0 Å². The number of hydrogen-bond acceptors (Lipinski definition) is 2. The number of rotatable bonds is 2. The maximum atomic E-state index is 12.2. The molecule has 0 spiro atoms. The van der Waals surface area contributed by atoms with E-state index in [0.29, 0.717) is 16.6 Å². The lowest BCUT2D eigenvalue weighted by atomic mass is 10.2. The van der Waals surface area contributed by atoms with Crippen molar-refractivity contribution in [3.8, 4) is 0 Å². The highest BCUT2D eigenvalue weighted by atomic mass is 35.5. The molecular formula is C13H17ClN2O. The molecule has 1 aromatic rings. The van der Waals surface area contributed by atoms with Crippen molar-refractivity contribution in [2.75, 3.05) is 27.2 Å². The van der Waals surface area contributed by atoms with E-state index in [4.69, 9.17) is 11.6 Å². The average Bonchev–Trinajstić information content (AvgIpc) is 2.77. The number of carbonyl (C=O) groups excluding carboxylic acids is 1. The molecule has 17 heavy (non-hydrogen) atoms. The molecule has 1 aliphatic rings. The monoisotopic (exact) mass is 252 g/mol. The van der Waals surface area contributed by atoms with Crippen molar-refractivity contribution in [3.05, 3.63) is 34.9 Å². The molecule has 0 saturated carbocycles. The number of carbonyl (C=O) groups is 1. The molecule has 0 N–H and O–H groups in total. The third kappa shape index (κ3) is 2.79. The summed E-state index contributed by atoms with van der Waals surface area (Å²) in [6.07, 6.45) is 1.04. The largest absolute Gasteiger partial charge is 0.337 e. The standard InChI is InChI=1S/C13H17ClN2O/c1-15(2)12-6-7-16(9-12)13(17)10-4-3-5-11(14)8-10/h3-5,8,12H,6-7,9H2,1-2H3/t12-/m1/s1. The summed E-state index contributed by atoms with van der Waals surface area (Å²) in [5.41, 5.74) is 0.678. The molecule has 92 valence electrons. The number of likely N-dealkylation sites (N-methyl/N-ethyl adjacent to an activating group) is 1. The van der Waals surface area contributed by atoms with Gasteiger partial charge in [-0.25, -0.2) is 0 Å².